The van der Waals surface area contributed by atoms with E-state index in [1.54, 1.807) is 0 Å². The zero-order chi connectivity index (χ0) is 17.5. The molecule has 8 heteroatoms. The first-order valence-corrected chi connectivity index (χ1v) is 9.60. The molecule has 0 radical (unpaired) electrons. The molecule has 0 spiro atoms. The maximum atomic E-state index is 13.4. The summed E-state index contributed by atoms with van der Waals surface area (Å²) in [6.07, 6.45) is 2.08. The van der Waals surface area contributed by atoms with Crippen molar-refractivity contribution in [3.8, 4) is 0 Å². The van der Waals surface area contributed by atoms with Crippen molar-refractivity contribution < 1.29 is 17.3 Å². The van der Waals surface area contributed by atoms with E-state index in [-0.39, 0.29) is 16.0 Å². The maximum Gasteiger partial charge on any atom is 0.243 e. The van der Waals surface area contributed by atoms with Crippen LogP contribution in [0.4, 0.5) is 4.39 Å². The van der Waals surface area contributed by atoms with Gasteiger partial charge in [0.1, 0.15) is 11.6 Å². The summed E-state index contributed by atoms with van der Waals surface area (Å²) < 4.78 is 46.1. The molecule has 1 aliphatic heterocycles. The van der Waals surface area contributed by atoms with Crippen LogP contribution in [0.3, 0.4) is 0 Å². The van der Waals surface area contributed by atoms with Gasteiger partial charge in [-0.3, -0.25) is 0 Å². The molecule has 1 aliphatic rings. The first-order chi connectivity index (χ1) is 11.4. The molecule has 1 aromatic heterocycles. The number of sulfonamides is 1. The summed E-state index contributed by atoms with van der Waals surface area (Å²) in [7, 11) is -3.78. The summed E-state index contributed by atoms with van der Waals surface area (Å²) >= 11 is 5.75. The van der Waals surface area contributed by atoms with E-state index >= 15 is 0 Å². The Balaban J connectivity index is 2.03. The van der Waals surface area contributed by atoms with Crippen molar-refractivity contribution in [2.45, 2.75) is 44.0 Å². The minimum atomic E-state index is -3.78. The zero-order valence-electron chi connectivity index (χ0n) is 13.4. The molecule has 1 fully saturated rings. The van der Waals surface area contributed by atoms with Crippen LogP contribution in [0.5, 0.6) is 0 Å². The number of rotatable bonds is 4. The molecule has 0 N–H and O–H groups in total. The third-order valence-corrected chi connectivity index (χ3v) is 6.53. The molecule has 130 valence electrons. The molecule has 0 aliphatic carbocycles. The Morgan fingerprint density at radius 2 is 2.21 bits per heavy atom. The second-order valence-electron chi connectivity index (χ2n) is 5.81. The minimum Gasteiger partial charge on any atom is -0.361 e. The molecule has 0 bridgehead atoms. The highest BCUT2D eigenvalue weighted by Crippen LogP contribution is 2.39. The van der Waals surface area contributed by atoms with Gasteiger partial charge in [-0.25, -0.2) is 12.8 Å². The Labute approximate surface area is 145 Å². The Bertz CT molecular complexity index is 866. The summed E-state index contributed by atoms with van der Waals surface area (Å²) in [6, 6.07) is 3.15. The average molecular weight is 373 g/mol. The van der Waals surface area contributed by atoms with E-state index in [1.807, 2.05) is 13.8 Å². The van der Waals surface area contributed by atoms with E-state index in [9.17, 15) is 12.8 Å². The molecule has 5 nitrogen and oxygen atoms in total. The molecular formula is C16H18ClFN2O3S. The van der Waals surface area contributed by atoms with E-state index in [2.05, 4.69) is 5.16 Å². The average Bonchev–Trinajstić information content (AvgIpc) is 3.15. The summed E-state index contributed by atoms with van der Waals surface area (Å²) in [5.74, 6) is 0.0634. The van der Waals surface area contributed by atoms with Gasteiger partial charge in [0.05, 0.1) is 21.7 Å². The van der Waals surface area contributed by atoms with Gasteiger partial charge in [-0.05, 0) is 38.0 Å². The van der Waals surface area contributed by atoms with Gasteiger partial charge in [-0.15, -0.1) is 0 Å². The second-order valence-corrected chi connectivity index (χ2v) is 8.11. The van der Waals surface area contributed by atoms with Crippen LogP contribution in [0.25, 0.3) is 0 Å². The third kappa shape index (κ3) is 2.85. The number of aromatic nitrogens is 1. The van der Waals surface area contributed by atoms with Crippen molar-refractivity contribution in [1.29, 1.82) is 0 Å². The van der Waals surface area contributed by atoms with Crippen molar-refractivity contribution in [2.24, 2.45) is 0 Å². The molecule has 0 amide bonds. The fraction of sp³-hybridized carbons (Fsp3) is 0.438. The smallest absolute Gasteiger partial charge is 0.243 e. The lowest BCUT2D eigenvalue weighted by Crippen LogP contribution is -2.31. The van der Waals surface area contributed by atoms with E-state index in [0.717, 1.165) is 24.1 Å². The number of hydrogen-bond acceptors (Lipinski definition) is 4. The molecule has 2 heterocycles. The molecule has 1 atom stereocenters. The lowest BCUT2D eigenvalue weighted by molar-refractivity contribution is 0.368. The van der Waals surface area contributed by atoms with E-state index in [1.165, 1.54) is 10.4 Å². The molecule has 0 unspecified atom stereocenters. The van der Waals surface area contributed by atoms with Gasteiger partial charge in [0.25, 0.3) is 0 Å². The standard InChI is InChI=1S/C16H18ClFN2O3S/c1-3-15-16(10(2)19-23-15)14-5-4-8-20(14)24(21,22)11-6-7-13(18)12(17)9-11/h6-7,9,14H,3-5,8H2,1-2H3/t14-/m1/s1. The Kier molecular flexibility index (Phi) is 4.68. The number of halogens is 2. The molecule has 1 aromatic carbocycles. The van der Waals surface area contributed by atoms with Crippen molar-refractivity contribution in [3.63, 3.8) is 0 Å². The zero-order valence-corrected chi connectivity index (χ0v) is 15.0. The Morgan fingerprint density at radius 3 is 2.88 bits per heavy atom. The molecular weight excluding hydrogens is 355 g/mol. The lowest BCUT2D eigenvalue weighted by atomic mass is 10.0. The van der Waals surface area contributed by atoms with Crippen LogP contribution in [0, 0.1) is 12.7 Å². The minimum absolute atomic E-state index is 0.00652. The lowest BCUT2D eigenvalue weighted by Gasteiger charge is -2.24. The topological polar surface area (TPSA) is 63.4 Å². The molecule has 24 heavy (non-hydrogen) atoms. The van der Waals surface area contributed by atoms with Gasteiger partial charge in [-0.2, -0.15) is 4.31 Å². The quantitative estimate of drug-likeness (QED) is 0.817. The molecule has 0 saturated carbocycles. The number of nitrogens with zero attached hydrogens (tertiary/aromatic N) is 2. The highest BCUT2D eigenvalue weighted by molar-refractivity contribution is 7.89. The summed E-state index contributed by atoms with van der Waals surface area (Å²) in [5.41, 5.74) is 1.54. The van der Waals surface area contributed by atoms with Crippen molar-refractivity contribution >= 4 is 21.6 Å². The summed E-state index contributed by atoms with van der Waals surface area (Å²) in [4.78, 5) is -0.00652. The van der Waals surface area contributed by atoms with Crippen LogP contribution in [-0.2, 0) is 16.4 Å². The first-order valence-electron chi connectivity index (χ1n) is 7.78. The van der Waals surface area contributed by atoms with Crippen molar-refractivity contribution in [2.75, 3.05) is 6.54 Å². The van der Waals surface area contributed by atoms with Gasteiger partial charge >= 0.3 is 0 Å². The molecule has 3 rings (SSSR count). The van der Waals surface area contributed by atoms with Gasteiger partial charge < -0.3 is 4.52 Å². The van der Waals surface area contributed by atoms with Crippen LogP contribution >= 0.6 is 11.6 Å². The normalized spacial score (nSPS) is 19.1. The van der Waals surface area contributed by atoms with Crippen LogP contribution in [0.2, 0.25) is 5.02 Å². The van der Waals surface area contributed by atoms with Crippen LogP contribution in [-0.4, -0.2) is 24.4 Å². The monoisotopic (exact) mass is 372 g/mol. The first kappa shape index (κ1) is 17.4. The van der Waals surface area contributed by atoms with Gasteiger partial charge in [-0.1, -0.05) is 23.7 Å². The van der Waals surface area contributed by atoms with Gasteiger partial charge in [0.15, 0.2) is 0 Å². The number of hydrogen-bond donors (Lipinski definition) is 0. The van der Waals surface area contributed by atoms with E-state index in [4.69, 9.17) is 16.1 Å². The van der Waals surface area contributed by atoms with Gasteiger partial charge in [0.2, 0.25) is 10.0 Å². The predicted octanol–water partition coefficient (Wildman–Crippen LogP) is 3.86. The highest BCUT2D eigenvalue weighted by Gasteiger charge is 2.39. The Hall–Kier alpha value is -1.44. The van der Waals surface area contributed by atoms with Gasteiger partial charge in [0, 0.05) is 18.5 Å². The molecule has 2 aromatic rings. The summed E-state index contributed by atoms with van der Waals surface area (Å²) in [6.45, 7) is 4.16. The van der Waals surface area contributed by atoms with E-state index < -0.39 is 15.8 Å². The maximum absolute atomic E-state index is 13.4. The summed E-state index contributed by atoms with van der Waals surface area (Å²) in [5, 5.41) is 3.77. The SMILES string of the molecule is CCc1onc(C)c1[C@H]1CCCN1S(=O)(=O)c1ccc(F)c(Cl)c1. The third-order valence-electron chi connectivity index (χ3n) is 4.34. The van der Waals surface area contributed by atoms with Crippen molar-refractivity contribution in [1.82, 2.24) is 9.46 Å². The second kappa shape index (κ2) is 6.46. The fourth-order valence-corrected chi connectivity index (χ4v) is 5.13. The number of benzene rings is 1. The highest BCUT2D eigenvalue weighted by atomic mass is 35.5. The van der Waals surface area contributed by atoms with Crippen LogP contribution in [0.1, 0.15) is 42.8 Å². The van der Waals surface area contributed by atoms with E-state index in [0.29, 0.717) is 30.8 Å². The Morgan fingerprint density at radius 1 is 1.46 bits per heavy atom. The fourth-order valence-electron chi connectivity index (χ4n) is 3.19. The largest absolute Gasteiger partial charge is 0.361 e. The molecule has 1 saturated heterocycles. The van der Waals surface area contributed by atoms with Crippen LogP contribution < -0.4 is 0 Å². The predicted molar refractivity (Wildman–Crippen MR) is 87.9 cm³/mol. The number of aryl methyl sites for hydroxylation is 2. The van der Waals surface area contributed by atoms with Crippen LogP contribution in [0.15, 0.2) is 27.6 Å². The van der Waals surface area contributed by atoms with Crippen molar-refractivity contribution in [3.05, 3.63) is 46.1 Å².